The minimum absolute atomic E-state index is 0.0959. The molecule has 0 spiro atoms. The summed E-state index contributed by atoms with van der Waals surface area (Å²) in [6.07, 6.45) is 11.4. The van der Waals surface area contributed by atoms with Gasteiger partial charge in [0.25, 0.3) is 0 Å². The molecule has 0 bridgehead atoms. The van der Waals surface area contributed by atoms with Crippen molar-refractivity contribution in [2.45, 2.75) is 38.3 Å². The molecule has 1 aliphatic rings. The molecule has 0 saturated heterocycles. The lowest BCUT2D eigenvalue weighted by Gasteiger charge is -2.28. The van der Waals surface area contributed by atoms with Gasteiger partial charge in [0.15, 0.2) is 0 Å². The van der Waals surface area contributed by atoms with E-state index in [1.807, 2.05) is 17.0 Å². The first-order valence-corrected chi connectivity index (χ1v) is 6.77. The fourth-order valence-corrected chi connectivity index (χ4v) is 2.55. The fraction of sp³-hybridized carbons (Fsp3) is 0.533. The maximum absolute atomic E-state index is 12.3. The molecule has 0 aliphatic heterocycles. The van der Waals surface area contributed by atoms with Crippen LogP contribution in [0.4, 0.5) is 0 Å². The molecule has 1 N–H and O–H groups in total. The van der Waals surface area contributed by atoms with Gasteiger partial charge in [-0.05, 0) is 25.0 Å². The number of rotatable bonds is 6. The quantitative estimate of drug-likeness (QED) is 0.626. The minimum Gasteiger partial charge on any atom is -0.467 e. The van der Waals surface area contributed by atoms with Crippen molar-refractivity contribution in [1.29, 1.82) is 0 Å². The van der Waals surface area contributed by atoms with Gasteiger partial charge in [-0.25, -0.2) is 0 Å². The monoisotopic (exact) mass is 260 g/mol. The minimum atomic E-state index is 0.0959. The molecule has 0 atom stereocenters. The van der Waals surface area contributed by atoms with Crippen LogP contribution in [0.1, 0.15) is 31.4 Å². The third-order valence-corrected chi connectivity index (χ3v) is 3.50. The van der Waals surface area contributed by atoms with Crippen LogP contribution in [0, 0.1) is 12.3 Å². The van der Waals surface area contributed by atoms with E-state index in [0.29, 0.717) is 25.7 Å². The first kappa shape index (κ1) is 13.7. The van der Waals surface area contributed by atoms with Crippen molar-refractivity contribution in [3.8, 4) is 12.3 Å². The van der Waals surface area contributed by atoms with Gasteiger partial charge in [0.05, 0.1) is 25.9 Å². The Morgan fingerprint density at radius 1 is 1.53 bits per heavy atom. The van der Waals surface area contributed by atoms with Gasteiger partial charge in [0.2, 0.25) is 5.91 Å². The SMILES string of the molecule is C#CCNCC(=O)N(Cc1ccco1)C1CCCC1. The number of nitrogens with zero attached hydrogens (tertiary/aromatic N) is 1. The van der Waals surface area contributed by atoms with Crippen LogP contribution in [-0.4, -0.2) is 29.9 Å². The van der Waals surface area contributed by atoms with E-state index in [1.165, 1.54) is 12.8 Å². The third kappa shape index (κ3) is 3.87. The number of hydrogen-bond donors (Lipinski definition) is 1. The molecule has 1 saturated carbocycles. The second-order valence-corrected chi connectivity index (χ2v) is 4.85. The van der Waals surface area contributed by atoms with Crippen LogP contribution in [-0.2, 0) is 11.3 Å². The topological polar surface area (TPSA) is 45.5 Å². The molecule has 19 heavy (non-hydrogen) atoms. The molecule has 1 aromatic heterocycles. The van der Waals surface area contributed by atoms with Crippen molar-refractivity contribution in [1.82, 2.24) is 10.2 Å². The summed E-state index contributed by atoms with van der Waals surface area (Å²) in [5, 5.41) is 2.96. The fourth-order valence-electron chi connectivity index (χ4n) is 2.55. The predicted molar refractivity (Wildman–Crippen MR) is 73.2 cm³/mol. The van der Waals surface area contributed by atoms with Gasteiger partial charge in [-0.3, -0.25) is 10.1 Å². The number of amides is 1. The molecule has 102 valence electrons. The molecule has 2 rings (SSSR count). The van der Waals surface area contributed by atoms with E-state index < -0.39 is 0 Å². The van der Waals surface area contributed by atoms with Crippen molar-refractivity contribution in [2.75, 3.05) is 13.1 Å². The zero-order valence-electron chi connectivity index (χ0n) is 11.1. The van der Waals surface area contributed by atoms with Gasteiger partial charge in [-0.1, -0.05) is 18.8 Å². The van der Waals surface area contributed by atoms with E-state index in [-0.39, 0.29) is 5.91 Å². The molecule has 0 radical (unpaired) electrons. The van der Waals surface area contributed by atoms with Crippen molar-refractivity contribution >= 4 is 5.91 Å². The Morgan fingerprint density at radius 2 is 2.32 bits per heavy atom. The van der Waals surface area contributed by atoms with Crippen LogP contribution in [0.15, 0.2) is 22.8 Å². The van der Waals surface area contributed by atoms with Gasteiger partial charge in [-0.15, -0.1) is 6.42 Å². The Kier molecular flexibility index (Phi) is 5.05. The van der Waals surface area contributed by atoms with Crippen molar-refractivity contribution < 1.29 is 9.21 Å². The number of carbonyl (C=O) groups is 1. The molecule has 1 aliphatic carbocycles. The lowest BCUT2D eigenvalue weighted by molar-refractivity contribution is -0.133. The average molecular weight is 260 g/mol. The van der Waals surface area contributed by atoms with Crippen molar-refractivity contribution in [3.05, 3.63) is 24.2 Å². The molecule has 1 amide bonds. The van der Waals surface area contributed by atoms with Gasteiger partial charge in [0, 0.05) is 6.04 Å². The summed E-state index contributed by atoms with van der Waals surface area (Å²) in [5.74, 6) is 3.40. The van der Waals surface area contributed by atoms with Crippen molar-refractivity contribution in [2.24, 2.45) is 0 Å². The molecule has 4 heteroatoms. The Hall–Kier alpha value is -1.73. The maximum atomic E-state index is 12.3. The van der Waals surface area contributed by atoms with Crippen LogP contribution in [0.25, 0.3) is 0 Å². The lowest BCUT2D eigenvalue weighted by Crippen LogP contribution is -2.43. The highest BCUT2D eigenvalue weighted by Crippen LogP contribution is 2.25. The number of carbonyl (C=O) groups excluding carboxylic acids is 1. The summed E-state index contributed by atoms with van der Waals surface area (Å²) in [5.41, 5.74) is 0. The standard InChI is InChI=1S/C15H20N2O2/c1-2-9-16-11-15(18)17(13-6-3-4-7-13)12-14-8-5-10-19-14/h1,5,8,10,13,16H,3-4,6-7,9,11-12H2. The molecule has 0 unspecified atom stereocenters. The van der Waals surface area contributed by atoms with Crippen molar-refractivity contribution in [3.63, 3.8) is 0 Å². The largest absolute Gasteiger partial charge is 0.467 e. The highest BCUT2D eigenvalue weighted by molar-refractivity contribution is 5.78. The molecule has 4 nitrogen and oxygen atoms in total. The highest BCUT2D eigenvalue weighted by atomic mass is 16.3. The Balaban J connectivity index is 1.96. The van der Waals surface area contributed by atoms with Crippen LogP contribution < -0.4 is 5.32 Å². The van der Waals surface area contributed by atoms with Crippen LogP contribution >= 0.6 is 0 Å². The summed E-state index contributed by atoms with van der Waals surface area (Å²) < 4.78 is 5.35. The molecular weight excluding hydrogens is 240 g/mol. The van der Waals surface area contributed by atoms with E-state index >= 15 is 0 Å². The number of hydrogen-bond acceptors (Lipinski definition) is 3. The van der Waals surface area contributed by atoms with Gasteiger partial charge >= 0.3 is 0 Å². The van der Waals surface area contributed by atoms with Gasteiger partial charge in [0.1, 0.15) is 5.76 Å². The highest BCUT2D eigenvalue weighted by Gasteiger charge is 2.26. The summed E-state index contributed by atoms with van der Waals surface area (Å²) in [7, 11) is 0. The zero-order chi connectivity index (χ0) is 13.5. The summed E-state index contributed by atoms with van der Waals surface area (Å²) in [6.45, 7) is 1.26. The van der Waals surface area contributed by atoms with Gasteiger partial charge < -0.3 is 9.32 Å². The molecule has 0 aromatic carbocycles. The molecule has 1 heterocycles. The third-order valence-electron chi connectivity index (χ3n) is 3.50. The average Bonchev–Trinajstić information content (AvgIpc) is 3.09. The number of furan rings is 1. The smallest absolute Gasteiger partial charge is 0.237 e. The Bertz CT molecular complexity index is 427. The molecule has 1 aromatic rings. The first-order valence-electron chi connectivity index (χ1n) is 6.77. The lowest BCUT2D eigenvalue weighted by atomic mass is 10.2. The van der Waals surface area contributed by atoms with E-state index in [0.717, 1.165) is 18.6 Å². The Labute approximate surface area is 114 Å². The molecular formula is C15H20N2O2. The second-order valence-electron chi connectivity index (χ2n) is 4.85. The number of nitrogens with one attached hydrogen (secondary N) is 1. The maximum Gasteiger partial charge on any atom is 0.237 e. The second kappa shape index (κ2) is 7.01. The summed E-state index contributed by atoms with van der Waals surface area (Å²) >= 11 is 0. The van der Waals surface area contributed by atoms with Crippen LogP contribution in [0.5, 0.6) is 0 Å². The normalized spacial score (nSPS) is 15.3. The first-order chi connectivity index (χ1) is 9.31. The summed E-state index contributed by atoms with van der Waals surface area (Å²) in [6, 6.07) is 4.10. The van der Waals surface area contributed by atoms with Crippen LogP contribution in [0.3, 0.4) is 0 Å². The zero-order valence-corrected chi connectivity index (χ0v) is 11.1. The number of terminal acetylenes is 1. The predicted octanol–water partition coefficient (Wildman–Crippen LogP) is 1.77. The summed E-state index contributed by atoms with van der Waals surface area (Å²) in [4.78, 5) is 14.2. The Morgan fingerprint density at radius 3 is 2.95 bits per heavy atom. The van der Waals surface area contributed by atoms with Crippen LogP contribution in [0.2, 0.25) is 0 Å². The van der Waals surface area contributed by atoms with E-state index in [2.05, 4.69) is 11.2 Å². The van der Waals surface area contributed by atoms with E-state index in [4.69, 9.17) is 10.8 Å². The molecule has 1 fully saturated rings. The van der Waals surface area contributed by atoms with E-state index in [9.17, 15) is 4.79 Å². The van der Waals surface area contributed by atoms with Gasteiger partial charge in [-0.2, -0.15) is 0 Å². The van der Waals surface area contributed by atoms with E-state index in [1.54, 1.807) is 6.26 Å².